The van der Waals surface area contributed by atoms with E-state index < -0.39 is 0 Å². The first-order valence-electron chi connectivity index (χ1n) is 7.38. The van der Waals surface area contributed by atoms with Crippen LogP contribution in [0.25, 0.3) is 0 Å². The van der Waals surface area contributed by atoms with Crippen LogP contribution in [0.15, 0.2) is 42.6 Å². The molecule has 122 valence electrons. The number of ether oxygens (including phenoxy) is 2. The summed E-state index contributed by atoms with van der Waals surface area (Å²) in [6, 6.07) is 10.7. The molecule has 0 radical (unpaired) electrons. The van der Waals surface area contributed by atoms with E-state index in [1.165, 1.54) is 0 Å². The number of aromatic nitrogens is 1. The Labute approximate surface area is 135 Å². The number of amides is 1. The molecule has 0 aliphatic carbocycles. The Hall–Kier alpha value is -2.60. The van der Waals surface area contributed by atoms with Gasteiger partial charge in [0.1, 0.15) is 11.6 Å². The fourth-order valence-electron chi connectivity index (χ4n) is 2.04. The van der Waals surface area contributed by atoms with Gasteiger partial charge in [-0.05, 0) is 30.7 Å². The van der Waals surface area contributed by atoms with Crippen molar-refractivity contribution in [1.29, 1.82) is 0 Å². The minimum atomic E-state index is -0.211. The average molecular weight is 315 g/mol. The van der Waals surface area contributed by atoms with Gasteiger partial charge in [0.25, 0.3) is 5.91 Å². The lowest BCUT2D eigenvalue weighted by Gasteiger charge is -2.10. The molecule has 6 heteroatoms. The highest BCUT2D eigenvalue weighted by Crippen LogP contribution is 2.23. The third kappa shape index (κ3) is 4.96. The lowest BCUT2D eigenvalue weighted by atomic mass is 10.2. The number of para-hydroxylation sites is 2. The molecule has 23 heavy (non-hydrogen) atoms. The summed E-state index contributed by atoms with van der Waals surface area (Å²) < 4.78 is 10.2. The summed E-state index contributed by atoms with van der Waals surface area (Å²) in [6.45, 7) is 1.42. The minimum Gasteiger partial charge on any atom is -0.495 e. The Kier molecular flexibility index (Phi) is 6.38. The van der Waals surface area contributed by atoms with Gasteiger partial charge in [-0.3, -0.25) is 4.79 Å². The number of nitrogens with zero attached hydrogens (tertiary/aromatic N) is 1. The molecule has 0 unspecified atom stereocenters. The van der Waals surface area contributed by atoms with Gasteiger partial charge in [-0.1, -0.05) is 12.1 Å². The number of carbonyl (C=O) groups excluding carboxylic acids is 1. The van der Waals surface area contributed by atoms with Crippen molar-refractivity contribution < 1.29 is 14.3 Å². The van der Waals surface area contributed by atoms with E-state index >= 15 is 0 Å². The molecular weight excluding hydrogens is 294 g/mol. The average Bonchev–Trinajstić information content (AvgIpc) is 2.59. The number of pyridine rings is 1. The Bertz CT molecular complexity index is 646. The highest BCUT2D eigenvalue weighted by atomic mass is 16.5. The molecule has 2 aromatic rings. The molecule has 0 atom stereocenters. The number of hydrogen-bond donors (Lipinski definition) is 2. The molecule has 1 aromatic carbocycles. The van der Waals surface area contributed by atoms with Crippen LogP contribution in [0.5, 0.6) is 5.75 Å². The number of benzene rings is 1. The first-order valence-corrected chi connectivity index (χ1v) is 7.38. The second-order valence-electron chi connectivity index (χ2n) is 4.86. The Balaban J connectivity index is 2.02. The summed E-state index contributed by atoms with van der Waals surface area (Å²) in [5.74, 6) is 1.07. The lowest BCUT2D eigenvalue weighted by molar-refractivity contribution is 0.102. The largest absolute Gasteiger partial charge is 0.495 e. The molecule has 0 aliphatic rings. The molecule has 0 aliphatic heterocycles. The van der Waals surface area contributed by atoms with E-state index in [1.807, 2.05) is 12.1 Å². The Morgan fingerprint density at radius 2 is 2.04 bits per heavy atom. The number of nitrogens with one attached hydrogen (secondary N) is 2. The summed E-state index contributed by atoms with van der Waals surface area (Å²) in [6.07, 6.45) is 2.48. The van der Waals surface area contributed by atoms with E-state index in [0.29, 0.717) is 29.4 Å². The molecule has 0 bridgehead atoms. The summed E-state index contributed by atoms with van der Waals surface area (Å²) in [5.41, 5.74) is 1.16. The fourth-order valence-corrected chi connectivity index (χ4v) is 2.04. The van der Waals surface area contributed by atoms with Gasteiger partial charge in [0.2, 0.25) is 0 Å². The monoisotopic (exact) mass is 315 g/mol. The van der Waals surface area contributed by atoms with Gasteiger partial charge >= 0.3 is 0 Å². The second kappa shape index (κ2) is 8.75. The minimum absolute atomic E-state index is 0.211. The zero-order chi connectivity index (χ0) is 16.5. The van der Waals surface area contributed by atoms with Crippen molar-refractivity contribution >= 4 is 17.4 Å². The first kappa shape index (κ1) is 16.8. The van der Waals surface area contributed by atoms with E-state index in [0.717, 1.165) is 13.0 Å². The van der Waals surface area contributed by atoms with Crippen LogP contribution < -0.4 is 15.4 Å². The van der Waals surface area contributed by atoms with Crippen LogP contribution in [0, 0.1) is 0 Å². The van der Waals surface area contributed by atoms with Crippen molar-refractivity contribution in [2.24, 2.45) is 0 Å². The predicted molar refractivity (Wildman–Crippen MR) is 90.2 cm³/mol. The van der Waals surface area contributed by atoms with Crippen LogP contribution in [0.3, 0.4) is 0 Å². The zero-order valence-corrected chi connectivity index (χ0v) is 13.3. The molecule has 1 heterocycles. The Morgan fingerprint density at radius 1 is 1.22 bits per heavy atom. The third-order valence-electron chi connectivity index (χ3n) is 3.21. The Morgan fingerprint density at radius 3 is 2.83 bits per heavy atom. The van der Waals surface area contributed by atoms with Crippen LogP contribution in [-0.2, 0) is 4.74 Å². The summed E-state index contributed by atoms with van der Waals surface area (Å²) in [7, 11) is 3.24. The SMILES string of the molecule is COCCCNc1cc(C(=O)Nc2ccccc2OC)ccn1. The summed E-state index contributed by atoms with van der Waals surface area (Å²) in [4.78, 5) is 16.6. The van der Waals surface area contributed by atoms with Gasteiger partial charge in [-0.2, -0.15) is 0 Å². The highest BCUT2D eigenvalue weighted by Gasteiger charge is 2.10. The van der Waals surface area contributed by atoms with Gasteiger partial charge < -0.3 is 20.1 Å². The van der Waals surface area contributed by atoms with Crippen molar-refractivity contribution in [2.75, 3.05) is 38.0 Å². The number of hydrogen-bond acceptors (Lipinski definition) is 5. The van der Waals surface area contributed by atoms with Gasteiger partial charge in [0.15, 0.2) is 0 Å². The maximum atomic E-state index is 12.4. The molecule has 2 N–H and O–H groups in total. The third-order valence-corrected chi connectivity index (χ3v) is 3.21. The smallest absolute Gasteiger partial charge is 0.255 e. The van der Waals surface area contributed by atoms with E-state index in [-0.39, 0.29) is 5.91 Å². The molecular formula is C17H21N3O3. The molecule has 0 fully saturated rings. The van der Waals surface area contributed by atoms with Crippen molar-refractivity contribution in [1.82, 2.24) is 4.98 Å². The molecule has 6 nitrogen and oxygen atoms in total. The number of anilines is 2. The fraction of sp³-hybridized carbons (Fsp3) is 0.294. The maximum Gasteiger partial charge on any atom is 0.255 e. The van der Waals surface area contributed by atoms with Gasteiger partial charge in [-0.25, -0.2) is 4.98 Å². The number of carbonyl (C=O) groups is 1. The van der Waals surface area contributed by atoms with Crippen molar-refractivity contribution in [3.63, 3.8) is 0 Å². The van der Waals surface area contributed by atoms with Crippen molar-refractivity contribution in [2.45, 2.75) is 6.42 Å². The summed E-state index contributed by atoms with van der Waals surface area (Å²) >= 11 is 0. The van der Waals surface area contributed by atoms with Crippen LogP contribution in [0.2, 0.25) is 0 Å². The van der Waals surface area contributed by atoms with E-state index in [9.17, 15) is 4.79 Å². The zero-order valence-electron chi connectivity index (χ0n) is 13.3. The van der Waals surface area contributed by atoms with E-state index in [1.54, 1.807) is 44.7 Å². The molecule has 2 rings (SSSR count). The van der Waals surface area contributed by atoms with Gasteiger partial charge in [0, 0.05) is 32.0 Å². The molecule has 0 saturated carbocycles. The normalized spacial score (nSPS) is 10.2. The first-order chi connectivity index (χ1) is 11.2. The van der Waals surface area contributed by atoms with Crippen LogP contribution in [-0.4, -0.2) is 38.3 Å². The van der Waals surface area contributed by atoms with Crippen molar-refractivity contribution in [3.8, 4) is 5.75 Å². The van der Waals surface area contributed by atoms with E-state index in [4.69, 9.17) is 9.47 Å². The predicted octanol–water partition coefficient (Wildman–Crippen LogP) is 2.79. The maximum absolute atomic E-state index is 12.4. The highest BCUT2D eigenvalue weighted by molar-refractivity contribution is 6.05. The molecule has 0 spiro atoms. The number of methoxy groups -OCH3 is 2. The molecule has 1 aromatic heterocycles. The van der Waals surface area contributed by atoms with E-state index in [2.05, 4.69) is 15.6 Å². The second-order valence-corrected chi connectivity index (χ2v) is 4.86. The number of rotatable bonds is 8. The van der Waals surface area contributed by atoms with Crippen LogP contribution in [0.1, 0.15) is 16.8 Å². The van der Waals surface area contributed by atoms with Crippen molar-refractivity contribution in [3.05, 3.63) is 48.2 Å². The standard InChI is InChI=1S/C17H21N3O3/c1-22-11-5-9-18-16-12-13(8-10-19-16)17(21)20-14-6-3-4-7-15(14)23-2/h3-4,6-8,10,12H,5,9,11H2,1-2H3,(H,18,19)(H,20,21). The topological polar surface area (TPSA) is 72.5 Å². The molecule has 0 saturated heterocycles. The summed E-state index contributed by atoms with van der Waals surface area (Å²) in [5, 5.41) is 6.01. The van der Waals surface area contributed by atoms with Gasteiger partial charge in [-0.15, -0.1) is 0 Å². The van der Waals surface area contributed by atoms with Crippen LogP contribution in [0.4, 0.5) is 11.5 Å². The quantitative estimate of drug-likeness (QED) is 0.733. The molecule has 1 amide bonds. The van der Waals surface area contributed by atoms with Crippen LogP contribution >= 0.6 is 0 Å². The lowest BCUT2D eigenvalue weighted by Crippen LogP contribution is -2.14. The van der Waals surface area contributed by atoms with Gasteiger partial charge in [0.05, 0.1) is 12.8 Å².